The molecule has 0 N–H and O–H groups in total. The van der Waals surface area contributed by atoms with Gasteiger partial charge in [0.25, 0.3) is 10.1 Å². The molecule has 1 aliphatic carbocycles. The van der Waals surface area contributed by atoms with Crippen molar-refractivity contribution in [1.29, 1.82) is 0 Å². The van der Waals surface area contributed by atoms with Crippen LogP contribution in [0.3, 0.4) is 0 Å². The molecule has 76 valence electrons. The molecule has 13 heavy (non-hydrogen) atoms. The number of hydrogen-bond donors (Lipinski definition) is 0. The molecule has 0 amide bonds. The van der Waals surface area contributed by atoms with Crippen molar-refractivity contribution in [2.45, 2.75) is 38.2 Å². The van der Waals surface area contributed by atoms with Gasteiger partial charge in [0.1, 0.15) is 5.78 Å². The van der Waals surface area contributed by atoms with Crippen molar-refractivity contribution >= 4 is 15.9 Å². The van der Waals surface area contributed by atoms with Crippen LogP contribution < -0.4 is 0 Å². The topological polar surface area (TPSA) is 60.4 Å². The zero-order valence-corrected chi connectivity index (χ0v) is 8.47. The van der Waals surface area contributed by atoms with Crippen LogP contribution in [0.5, 0.6) is 0 Å². The molecule has 0 bridgehead atoms. The van der Waals surface area contributed by atoms with Crippen LogP contribution in [0.25, 0.3) is 0 Å². The average Bonchev–Trinajstić information content (AvgIpc) is 2.12. The summed E-state index contributed by atoms with van der Waals surface area (Å²) in [6, 6.07) is 0. The van der Waals surface area contributed by atoms with Gasteiger partial charge in [-0.1, -0.05) is 0 Å². The molecule has 0 heterocycles. The summed E-state index contributed by atoms with van der Waals surface area (Å²) in [7, 11) is -3.37. The van der Waals surface area contributed by atoms with Crippen LogP contribution in [-0.2, 0) is 19.1 Å². The van der Waals surface area contributed by atoms with Crippen LogP contribution in [0.15, 0.2) is 0 Å². The molecule has 0 aliphatic heterocycles. The van der Waals surface area contributed by atoms with Crippen LogP contribution in [0.2, 0.25) is 0 Å². The maximum atomic E-state index is 11.0. The van der Waals surface area contributed by atoms with Crippen molar-refractivity contribution in [2.75, 3.05) is 6.26 Å². The summed E-state index contributed by atoms with van der Waals surface area (Å²) in [5, 5.41) is 0. The molecule has 0 aromatic heterocycles. The molecule has 1 atom stereocenters. The molecule has 1 aliphatic rings. The molecule has 4 nitrogen and oxygen atoms in total. The quantitative estimate of drug-likeness (QED) is 0.496. The third-order valence-electron chi connectivity index (χ3n) is 2.04. The highest BCUT2D eigenvalue weighted by Crippen LogP contribution is 2.18. The number of ketones is 1. The lowest BCUT2D eigenvalue weighted by Crippen LogP contribution is -2.16. The van der Waals surface area contributed by atoms with Crippen molar-refractivity contribution in [3.63, 3.8) is 0 Å². The first-order chi connectivity index (χ1) is 5.97. The van der Waals surface area contributed by atoms with Gasteiger partial charge in [-0.2, -0.15) is 8.42 Å². The van der Waals surface area contributed by atoms with Gasteiger partial charge in [-0.05, 0) is 19.3 Å². The molecule has 0 spiro atoms. The second kappa shape index (κ2) is 4.19. The zero-order chi connectivity index (χ0) is 9.90. The Balaban J connectivity index is 2.48. The predicted molar refractivity (Wildman–Crippen MR) is 47.8 cm³/mol. The van der Waals surface area contributed by atoms with Crippen molar-refractivity contribution in [2.24, 2.45) is 0 Å². The molecule has 1 rings (SSSR count). The first-order valence-electron chi connectivity index (χ1n) is 4.37. The maximum absolute atomic E-state index is 11.0. The van der Waals surface area contributed by atoms with E-state index in [1.807, 2.05) is 0 Å². The monoisotopic (exact) mass is 206 g/mol. The van der Waals surface area contributed by atoms with Crippen LogP contribution >= 0.6 is 0 Å². The summed E-state index contributed by atoms with van der Waals surface area (Å²) in [6.45, 7) is 0. The lowest BCUT2D eigenvalue weighted by Gasteiger charge is -2.11. The highest BCUT2D eigenvalue weighted by Gasteiger charge is 2.20. The van der Waals surface area contributed by atoms with Gasteiger partial charge in [-0.25, -0.2) is 0 Å². The van der Waals surface area contributed by atoms with Crippen molar-refractivity contribution in [3.05, 3.63) is 0 Å². The summed E-state index contributed by atoms with van der Waals surface area (Å²) in [6.07, 6.45) is 3.69. The molecule has 1 fully saturated rings. The van der Waals surface area contributed by atoms with Crippen molar-refractivity contribution in [1.82, 2.24) is 0 Å². The van der Waals surface area contributed by atoms with Crippen molar-refractivity contribution < 1.29 is 17.4 Å². The summed E-state index contributed by atoms with van der Waals surface area (Å²) >= 11 is 0. The van der Waals surface area contributed by atoms with E-state index in [0.717, 1.165) is 12.7 Å². The van der Waals surface area contributed by atoms with E-state index in [2.05, 4.69) is 0 Å². The summed E-state index contributed by atoms with van der Waals surface area (Å²) in [5.74, 6) is 0.208. The van der Waals surface area contributed by atoms with Gasteiger partial charge in [-0.3, -0.25) is 8.98 Å². The molecule has 1 saturated carbocycles. The van der Waals surface area contributed by atoms with Gasteiger partial charge in [-0.15, -0.1) is 0 Å². The summed E-state index contributed by atoms with van der Waals surface area (Å²) in [5.41, 5.74) is 0. The number of Topliss-reactive ketones (excluding diaryl/α,β-unsaturated/α-hetero) is 1. The van der Waals surface area contributed by atoms with E-state index in [1.54, 1.807) is 0 Å². The molecule has 0 radical (unpaired) electrons. The fourth-order valence-corrected chi connectivity index (χ4v) is 2.15. The van der Waals surface area contributed by atoms with Crippen LogP contribution in [0, 0.1) is 0 Å². The Bertz CT molecular complexity index is 281. The highest BCUT2D eigenvalue weighted by atomic mass is 32.2. The molecule has 0 saturated heterocycles. The Morgan fingerprint density at radius 2 is 2.00 bits per heavy atom. The standard InChI is InChI=1S/C8H14O4S/c1-13(10,11)12-8-4-2-3-7(9)5-6-8/h8H,2-6H2,1H3/t8-/m1/s1. The molecular weight excluding hydrogens is 192 g/mol. The number of rotatable bonds is 2. The Morgan fingerprint density at radius 1 is 1.31 bits per heavy atom. The minimum absolute atomic E-state index is 0.208. The van der Waals surface area contributed by atoms with Gasteiger partial charge >= 0.3 is 0 Å². The summed E-state index contributed by atoms with van der Waals surface area (Å²) < 4.78 is 26.4. The van der Waals surface area contributed by atoms with Crippen molar-refractivity contribution in [3.8, 4) is 0 Å². The lowest BCUT2D eigenvalue weighted by atomic mass is 10.2. The smallest absolute Gasteiger partial charge is 0.264 e. The minimum Gasteiger partial charge on any atom is -0.300 e. The largest absolute Gasteiger partial charge is 0.300 e. The molecule has 0 aromatic rings. The second-order valence-corrected chi connectivity index (χ2v) is 4.99. The van der Waals surface area contributed by atoms with Crippen LogP contribution in [-0.4, -0.2) is 26.6 Å². The van der Waals surface area contributed by atoms with Gasteiger partial charge in [0.05, 0.1) is 12.4 Å². The number of carbonyl (C=O) groups excluding carboxylic acids is 1. The third kappa shape index (κ3) is 4.38. The first kappa shape index (κ1) is 10.7. The van der Waals surface area contributed by atoms with E-state index in [0.29, 0.717) is 25.7 Å². The fourth-order valence-electron chi connectivity index (χ4n) is 1.46. The normalized spacial score (nSPS) is 25.6. The lowest BCUT2D eigenvalue weighted by molar-refractivity contribution is -0.119. The molecule has 5 heteroatoms. The third-order valence-corrected chi connectivity index (χ3v) is 2.66. The Hall–Kier alpha value is -0.420. The Kier molecular flexibility index (Phi) is 3.44. The Labute approximate surface area is 78.4 Å². The van der Waals surface area contributed by atoms with Crippen LogP contribution in [0.4, 0.5) is 0 Å². The van der Waals surface area contributed by atoms with E-state index in [1.165, 1.54) is 0 Å². The van der Waals surface area contributed by atoms with E-state index in [4.69, 9.17) is 4.18 Å². The Morgan fingerprint density at radius 3 is 2.62 bits per heavy atom. The van der Waals surface area contributed by atoms with E-state index in [9.17, 15) is 13.2 Å². The van der Waals surface area contributed by atoms with Gasteiger partial charge in [0.2, 0.25) is 0 Å². The second-order valence-electron chi connectivity index (χ2n) is 3.39. The predicted octanol–water partition coefficient (Wildman–Crippen LogP) is 0.864. The van der Waals surface area contributed by atoms with Gasteiger partial charge < -0.3 is 0 Å². The van der Waals surface area contributed by atoms with Crippen LogP contribution in [0.1, 0.15) is 32.1 Å². The molecular formula is C8H14O4S. The SMILES string of the molecule is CS(=O)(=O)O[C@@H]1CCCC(=O)CC1. The van der Waals surface area contributed by atoms with E-state index < -0.39 is 10.1 Å². The molecule has 0 unspecified atom stereocenters. The first-order valence-corrected chi connectivity index (χ1v) is 6.19. The highest BCUT2D eigenvalue weighted by molar-refractivity contribution is 7.86. The summed E-state index contributed by atoms with van der Waals surface area (Å²) in [4.78, 5) is 11.0. The number of hydrogen-bond acceptors (Lipinski definition) is 4. The minimum atomic E-state index is -3.37. The van der Waals surface area contributed by atoms with Gasteiger partial charge in [0, 0.05) is 12.8 Å². The zero-order valence-electron chi connectivity index (χ0n) is 7.65. The fraction of sp³-hybridized carbons (Fsp3) is 0.875. The van der Waals surface area contributed by atoms with Gasteiger partial charge in [0.15, 0.2) is 0 Å². The average molecular weight is 206 g/mol. The van der Waals surface area contributed by atoms with E-state index in [-0.39, 0.29) is 11.9 Å². The molecule has 0 aromatic carbocycles. The van der Waals surface area contributed by atoms with E-state index >= 15 is 0 Å². The maximum Gasteiger partial charge on any atom is 0.264 e. The number of carbonyl (C=O) groups is 1.